The van der Waals surface area contributed by atoms with E-state index in [2.05, 4.69) is 16.0 Å². The van der Waals surface area contributed by atoms with Crippen molar-refractivity contribution in [1.29, 1.82) is 0 Å². The molecule has 10 nitrogen and oxygen atoms in total. The van der Waals surface area contributed by atoms with Crippen molar-refractivity contribution in [3.05, 3.63) is 105 Å². The molecule has 0 radical (unpaired) electrons. The first-order chi connectivity index (χ1) is 21.9. The average molecular weight is 706 g/mol. The lowest BCUT2D eigenvalue weighted by Gasteiger charge is -2.26. The fourth-order valence-corrected chi connectivity index (χ4v) is 5.08. The van der Waals surface area contributed by atoms with Gasteiger partial charge in [-0.3, -0.25) is 19.2 Å². The molecule has 47 heavy (non-hydrogen) atoms. The lowest BCUT2D eigenvalue weighted by Crippen LogP contribution is -2.58. The molecule has 0 spiro atoms. The molecule has 0 aliphatic heterocycles. The zero-order valence-corrected chi connectivity index (χ0v) is 27.5. The SMILES string of the molecule is C.NCCCCC(NC(=O)C(Cc1ccc(Cl)cc1)NC(=O)C(Cc1ccc(Cl)cc1)NC(=O)C(N)Cc1ccc(Cl)cc1)C(N)=O. The van der Waals surface area contributed by atoms with E-state index in [9.17, 15) is 19.2 Å². The molecule has 3 aromatic carbocycles. The molecule has 0 bridgehead atoms. The number of benzene rings is 3. The van der Waals surface area contributed by atoms with Gasteiger partial charge in [-0.15, -0.1) is 0 Å². The summed E-state index contributed by atoms with van der Waals surface area (Å²) in [5, 5.41) is 9.76. The maximum Gasteiger partial charge on any atom is 0.243 e. The van der Waals surface area contributed by atoms with Crippen LogP contribution in [0.15, 0.2) is 72.8 Å². The van der Waals surface area contributed by atoms with Crippen molar-refractivity contribution in [3.63, 3.8) is 0 Å². The molecule has 0 aromatic heterocycles. The number of rotatable bonds is 17. The quantitative estimate of drug-likeness (QED) is 0.116. The van der Waals surface area contributed by atoms with Gasteiger partial charge in [-0.1, -0.05) is 78.6 Å². The third-order valence-electron chi connectivity index (χ3n) is 7.28. The van der Waals surface area contributed by atoms with Crippen LogP contribution in [0.4, 0.5) is 0 Å². The molecule has 0 saturated carbocycles. The molecule has 3 rings (SSSR count). The fourth-order valence-electron chi connectivity index (χ4n) is 4.70. The lowest BCUT2D eigenvalue weighted by atomic mass is 10.0. The smallest absolute Gasteiger partial charge is 0.243 e. The summed E-state index contributed by atoms with van der Waals surface area (Å²) in [6.07, 6.45) is 1.88. The number of hydrogen-bond donors (Lipinski definition) is 6. The summed E-state index contributed by atoms with van der Waals surface area (Å²) in [5.41, 5.74) is 19.6. The van der Waals surface area contributed by atoms with Crippen molar-refractivity contribution >= 4 is 58.4 Å². The number of carbonyl (C=O) groups is 4. The molecular weight excluding hydrogens is 663 g/mol. The Kier molecular flexibility index (Phi) is 16.7. The second-order valence-corrected chi connectivity index (χ2v) is 12.3. The minimum Gasteiger partial charge on any atom is -0.368 e. The number of nitrogens with one attached hydrogen (secondary N) is 3. The number of unbranched alkanes of at least 4 members (excludes halogenated alkanes) is 1. The highest BCUT2D eigenvalue weighted by Gasteiger charge is 2.30. The van der Waals surface area contributed by atoms with E-state index in [1.165, 1.54) is 0 Å². The summed E-state index contributed by atoms with van der Waals surface area (Å²) in [6.45, 7) is 0.429. The van der Waals surface area contributed by atoms with Gasteiger partial charge in [-0.2, -0.15) is 0 Å². The first kappa shape index (κ1) is 39.5. The number of carbonyl (C=O) groups excluding carboxylic acids is 4. The van der Waals surface area contributed by atoms with Gasteiger partial charge in [0.25, 0.3) is 0 Å². The third-order valence-corrected chi connectivity index (χ3v) is 8.04. The highest BCUT2D eigenvalue weighted by Crippen LogP contribution is 2.15. The summed E-state index contributed by atoms with van der Waals surface area (Å²) in [5.74, 6) is -2.51. The van der Waals surface area contributed by atoms with Gasteiger partial charge in [-0.05, 0) is 85.3 Å². The van der Waals surface area contributed by atoms with Crippen LogP contribution in [0.2, 0.25) is 15.1 Å². The highest BCUT2D eigenvalue weighted by molar-refractivity contribution is 6.31. The largest absolute Gasteiger partial charge is 0.368 e. The van der Waals surface area contributed by atoms with Crippen LogP contribution in [0.1, 0.15) is 43.4 Å². The first-order valence-corrected chi connectivity index (χ1v) is 16.0. The molecule has 0 heterocycles. The van der Waals surface area contributed by atoms with Crippen molar-refractivity contribution < 1.29 is 19.2 Å². The number of hydrogen-bond acceptors (Lipinski definition) is 6. The summed E-state index contributed by atoms with van der Waals surface area (Å²) in [4.78, 5) is 52.8. The van der Waals surface area contributed by atoms with Crippen LogP contribution in [0.5, 0.6) is 0 Å². The van der Waals surface area contributed by atoms with E-state index in [0.29, 0.717) is 52.0 Å². The Morgan fingerprint density at radius 1 is 0.574 bits per heavy atom. The van der Waals surface area contributed by atoms with E-state index < -0.39 is 47.8 Å². The van der Waals surface area contributed by atoms with Gasteiger partial charge in [-0.25, -0.2) is 0 Å². The predicted octanol–water partition coefficient (Wildman–Crippen LogP) is 3.71. The van der Waals surface area contributed by atoms with E-state index in [-0.39, 0.29) is 26.7 Å². The molecule has 4 atom stereocenters. The van der Waals surface area contributed by atoms with Gasteiger partial charge in [0.05, 0.1) is 6.04 Å². The molecule has 0 aliphatic rings. The Balaban J connectivity index is 0.00000768. The van der Waals surface area contributed by atoms with Crippen LogP contribution in [0.25, 0.3) is 0 Å². The number of amides is 4. The molecule has 0 saturated heterocycles. The molecular formula is C34H43Cl3N6O4. The van der Waals surface area contributed by atoms with Crippen molar-refractivity contribution in [1.82, 2.24) is 16.0 Å². The fraction of sp³-hybridized carbons (Fsp3) is 0.353. The van der Waals surface area contributed by atoms with Gasteiger partial charge >= 0.3 is 0 Å². The van der Waals surface area contributed by atoms with Gasteiger partial charge in [0.1, 0.15) is 18.1 Å². The average Bonchev–Trinajstić information content (AvgIpc) is 3.02. The monoisotopic (exact) mass is 704 g/mol. The topological polar surface area (TPSA) is 182 Å². The van der Waals surface area contributed by atoms with Crippen LogP contribution in [0.3, 0.4) is 0 Å². The van der Waals surface area contributed by atoms with E-state index in [1.807, 2.05) is 0 Å². The van der Waals surface area contributed by atoms with Crippen LogP contribution in [-0.4, -0.2) is 54.3 Å². The molecule has 3 aromatic rings. The summed E-state index contributed by atoms with van der Waals surface area (Å²) in [6, 6.07) is 16.4. The number of primary amides is 1. The van der Waals surface area contributed by atoms with E-state index in [1.54, 1.807) is 72.8 Å². The number of nitrogens with two attached hydrogens (primary N) is 3. The minimum absolute atomic E-state index is 0. The molecule has 13 heteroatoms. The summed E-state index contributed by atoms with van der Waals surface area (Å²) >= 11 is 18.1. The van der Waals surface area contributed by atoms with Crippen molar-refractivity contribution in [2.75, 3.05) is 6.54 Å². The van der Waals surface area contributed by atoms with Gasteiger partial charge in [0.15, 0.2) is 0 Å². The molecule has 4 amide bonds. The van der Waals surface area contributed by atoms with Crippen LogP contribution in [0, 0.1) is 0 Å². The summed E-state index contributed by atoms with van der Waals surface area (Å²) in [7, 11) is 0. The number of halogens is 3. The molecule has 254 valence electrons. The van der Waals surface area contributed by atoms with Crippen LogP contribution in [-0.2, 0) is 38.4 Å². The zero-order valence-electron chi connectivity index (χ0n) is 25.2. The van der Waals surface area contributed by atoms with Gasteiger partial charge in [0, 0.05) is 27.9 Å². The molecule has 4 unspecified atom stereocenters. The Labute approximate surface area is 291 Å². The van der Waals surface area contributed by atoms with Crippen molar-refractivity contribution in [2.24, 2.45) is 17.2 Å². The van der Waals surface area contributed by atoms with Crippen molar-refractivity contribution in [2.45, 2.75) is 70.1 Å². The van der Waals surface area contributed by atoms with Crippen LogP contribution >= 0.6 is 34.8 Å². The molecule has 9 N–H and O–H groups in total. The molecule has 0 aliphatic carbocycles. The third kappa shape index (κ3) is 13.5. The van der Waals surface area contributed by atoms with E-state index in [4.69, 9.17) is 52.0 Å². The minimum atomic E-state index is -1.13. The van der Waals surface area contributed by atoms with Gasteiger partial charge < -0.3 is 33.2 Å². The van der Waals surface area contributed by atoms with Crippen LogP contribution < -0.4 is 33.2 Å². The Bertz CT molecular complexity index is 1460. The van der Waals surface area contributed by atoms with E-state index in [0.717, 1.165) is 5.56 Å². The maximum atomic E-state index is 13.8. The molecule has 0 fully saturated rings. The first-order valence-electron chi connectivity index (χ1n) is 14.8. The second-order valence-electron chi connectivity index (χ2n) is 11.0. The Morgan fingerprint density at radius 2 is 0.936 bits per heavy atom. The van der Waals surface area contributed by atoms with Crippen molar-refractivity contribution in [3.8, 4) is 0 Å². The maximum absolute atomic E-state index is 13.8. The lowest BCUT2D eigenvalue weighted by molar-refractivity contribution is -0.133. The highest BCUT2D eigenvalue weighted by atomic mass is 35.5. The summed E-state index contributed by atoms with van der Waals surface area (Å²) < 4.78 is 0. The predicted molar refractivity (Wildman–Crippen MR) is 188 cm³/mol. The Hall–Kier alpha value is -3.67. The zero-order chi connectivity index (χ0) is 33.6. The van der Waals surface area contributed by atoms with Gasteiger partial charge in [0.2, 0.25) is 23.6 Å². The van der Waals surface area contributed by atoms with E-state index >= 15 is 0 Å². The Morgan fingerprint density at radius 3 is 1.32 bits per heavy atom. The second kappa shape index (κ2) is 19.9. The normalized spacial score (nSPS) is 13.3. The standard InChI is InChI=1S/C33H39Cl3N6O4.CH4/c34-23-10-4-20(5-11-23)17-26(38)31(44)41-28(18-21-6-12-24(35)13-7-21)33(46)42-29(19-22-8-14-25(36)15-9-22)32(45)40-27(30(39)43)3-1-2-16-37;/h4-15,26-29H,1-3,16-19,37-38H2,(H2,39,43)(H,40,45)(H,41,44)(H,42,46);1H4.